The molecule has 0 radical (unpaired) electrons. The summed E-state index contributed by atoms with van der Waals surface area (Å²) >= 11 is 3.39. The summed E-state index contributed by atoms with van der Waals surface area (Å²) in [5.74, 6) is 0.694. The SMILES string of the molecule is CCCOc1cccc(C(=O)NC(CC)CBr)c1. The van der Waals surface area contributed by atoms with Gasteiger partial charge in [0.2, 0.25) is 0 Å². The molecule has 1 amide bonds. The molecule has 100 valence electrons. The molecule has 0 heterocycles. The van der Waals surface area contributed by atoms with E-state index in [9.17, 15) is 4.79 Å². The lowest BCUT2D eigenvalue weighted by atomic mass is 10.1. The van der Waals surface area contributed by atoms with Crippen LogP contribution in [0.5, 0.6) is 5.75 Å². The second-order valence-corrected chi connectivity index (χ2v) is 4.76. The Labute approximate surface area is 117 Å². The van der Waals surface area contributed by atoms with Crippen molar-refractivity contribution in [3.63, 3.8) is 0 Å². The second kappa shape index (κ2) is 8.14. The number of amides is 1. The van der Waals surface area contributed by atoms with E-state index in [-0.39, 0.29) is 11.9 Å². The third kappa shape index (κ3) is 4.69. The van der Waals surface area contributed by atoms with E-state index in [1.807, 2.05) is 19.1 Å². The van der Waals surface area contributed by atoms with Crippen LogP contribution >= 0.6 is 15.9 Å². The summed E-state index contributed by atoms with van der Waals surface area (Å²) in [6.07, 6.45) is 1.86. The minimum Gasteiger partial charge on any atom is -0.494 e. The van der Waals surface area contributed by atoms with Crippen LogP contribution in [0, 0.1) is 0 Å². The first-order valence-electron chi connectivity index (χ1n) is 6.30. The average Bonchev–Trinajstić information content (AvgIpc) is 2.42. The summed E-state index contributed by atoms with van der Waals surface area (Å²) in [6.45, 7) is 4.77. The maximum atomic E-state index is 12.0. The average molecular weight is 314 g/mol. The molecule has 1 aromatic carbocycles. The molecule has 1 rings (SSSR count). The van der Waals surface area contributed by atoms with E-state index in [1.54, 1.807) is 12.1 Å². The van der Waals surface area contributed by atoms with E-state index >= 15 is 0 Å². The molecule has 0 aliphatic heterocycles. The predicted octanol–water partition coefficient (Wildman–Crippen LogP) is 3.38. The molecular weight excluding hydrogens is 294 g/mol. The minimum absolute atomic E-state index is 0.0525. The van der Waals surface area contributed by atoms with Crippen LogP contribution in [-0.4, -0.2) is 23.9 Å². The predicted molar refractivity (Wildman–Crippen MR) is 77.6 cm³/mol. The number of ether oxygens (including phenoxy) is 1. The molecule has 1 unspecified atom stereocenters. The summed E-state index contributed by atoms with van der Waals surface area (Å²) < 4.78 is 5.51. The number of benzene rings is 1. The summed E-state index contributed by atoms with van der Waals surface area (Å²) in [6, 6.07) is 7.46. The van der Waals surface area contributed by atoms with Gasteiger partial charge in [0, 0.05) is 16.9 Å². The highest BCUT2D eigenvalue weighted by Crippen LogP contribution is 2.14. The van der Waals surface area contributed by atoms with E-state index in [4.69, 9.17) is 4.74 Å². The smallest absolute Gasteiger partial charge is 0.251 e. The molecule has 0 spiro atoms. The van der Waals surface area contributed by atoms with E-state index in [1.165, 1.54) is 0 Å². The van der Waals surface area contributed by atoms with Crippen LogP contribution in [0.15, 0.2) is 24.3 Å². The Morgan fingerprint density at radius 2 is 2.22 bits per heavy atom. The number of rotatable bonds is 7. The summed E-state index contributed by atoms with van der Waals surface area (Å²) in [7, 11) is 0. The van der Waals surface area contributed by atoms with E-state index in [2.05, 4.69) is 28.2 Å². The molecule has 1 atom stereocenters. The van der Waals surface area contributed by atoms with Crippen molar-refractivity contribution in [2.45, 2.75) is 32.7 Å². The molecule has 4 heteroatoms. The monoisotopic (exact) mass is 313 g/mol. The Morgan fingerprint density at radius 3 is 2.83 bits per heavy atom. The van der Waals surface area contributed by atoms with Crippen molar-refractivity contribution in [3.05, 3.63) is 29.8 Å². The summed E-state index contributed by atoms with van der Waals surface area (Å²) in [5.41, 5.74) is 0.642. The van der Waals surface area contributed by atoms with E-state index in [0.717, 1.165) is 23.9 Å². The van der Waals surface area contributed by atoms with Gasteiger partial charge in [-0.15, -0.1) is 0 Å². The van der Waals surface area contributed by atoms with Crippen LogP contribution in [0.2, 0.25) is 0 Å². The molecule has 0 aromatic heterocycles. The molecule has 0 aliphatic rings. The molecule has 0 bridgehead atoms. The lowest BCUT2D eigenvalue weighted by Crippen LogP contribution is -2.35. The molecule has 0 fully saturated rings. The molecule has 0 aliphatic carbocycles. The van der Waals surface area contributed by atoms with Gasteiger partial charge in [0.1, 0.15) is 5.75 Å². The van der Waals surface area contributed by atoms with Crippen LogP contribution in [0.4, 0.5) is 0 Å². The second-order valence-electron chi connectivity index (χ2n) is 4.11. The van der Waals surface area contributed by atoms with Gasteiger partial charge in [-0.05, 0) is 31.0 Å². The maximum absolute atomic E-state index is 12.0. The van der Waals surface area contributed by atoms with Crippen LogP contribution < -0.4 is 10.1 Å². The fraction of sp³-hybridized carbons (Fsp3) is 0.500. The number of carbonyl (C=O) groups excluding carboxylic acids is 1. The zero-order valence-corrected chi connectivity index (χ0v) is 12.5. The largest absolute Gasteiger partial charge is 0.494 e. The summed E-state index contributed by atoms with van der Waals surface area (Å²) in [5, 5.41) is 3.74. The van der Waals surface area contributed by atoms with Crippen LogP contribution in [0.3, 0.4) is 0 Å². The third-order valence-corrected chi connectivity index (χ3v) is 3.36. The molecule has 1 aromatic rings. The van der Waals surface area contributed by atoms with E-state index < -0.39 is 0 Å². The Hall–Kier alpha value is -1.03. The maximum Gasteiger partial charge on any atom is 0.251 e. The lowest BCUT2D eigenvalue weighted by Gasteiger charge is -2.14. The molecule has 3 nitrogen and oxygen atoms in total. The highest BCUT2D eigenvalue weighted by atomic mass is 79.9. The van der Waals surface area contributed by atoms with Gasteiger partial charge < -0.3 is 10.1 Å². The van der Waals surface area contributed by atoms with Gasteiger partial charge in [-0.25, -0.2) is 0 Å². The lowest BCUT2D eigenvalue weighted by molar-refractivity contribution is 0.0939. The van der Waals surface area contributed by atoms with Crippen LogP contribution in [0.1, 0.15) is 37.0 Å². The molecule has 0 saturated heterocycles. The van der Waals surface area contributed by atoms with Gasteiger partial charge in [-0.1, -0.05) is 35.8 Å². The number of nitrogens with one attached hydrogen (secondary N) is 1. The Bertz CT molecular complexity index is 378. The van der Waals surface area contributed by atoms with Gasteiger partial charge in [0.25, 0.3) is 5.91 Å². The molecule has 18 heavy (non-hydrogen) atoms. The van der Waals surface area contributed by atoms with Gasteiger partial charge in [-0.2, -0.15) is 0 Å². The van der Waals surface area contributed by atoms with Crippen molar-refractivity contribution in [3.8, 4) is 5.75 Å². The van der Waals surface area contributed by atoms with Gasteiger partial charge >= 0.3 is 0 Å². The fourth-order valence-corrected chi connectivity index (χ4v) is 2.09. The Kier molecular flexibility index (Phi) is 6.80. The van der Waals surface area contributed by atoms with Gasteiger partial charge in [0.05, 0.1) is 6.61 Å². The third-order valence-electron chi connectivity index (χ3n) is 2.58. The Balaban J connectivity index is 2.67. The Morgan fingerprint density at radius 1 is 1.44 bits per heavy atom. The van der Waals surface area contributed by atoms with Crippen molar-refractivity contribution in [1.29, 1.82) is 0 Å². The quantitative estimate of drug-likeness (QED) is 0.784. The van der Waals surface area contributed by atoms with Crippen LogP contribution in [-0.2, 0) is 0 Å². The minimum atomic E-state index is -0.0525. The standard InChI is InChI=1S/C14H20BrNO2/c1-3-8-18-13-7-5-6-11(9-13)14(17)16-12(4-2)10-15/h5-7,9,12H,3-4,8,10H2,1-2H3,(H,16,17). The first-order valence-corrected chi connectivity index (χ1v) is 7.43. The summed E-state index contributed by atoms with van der Waals surface area (Å²) in [4.78, 5) is 12.0. The zero-order chi connectivity index (χ0) is 13.4. The van der Waals surface area contributed by atoms with Gasteiger partial charge in [0.15, 0.2) is 0 Å². The first kappa shape index (κ1) is 15.0. The number of hydrogen-bond acceptors (Lipinski definition) is 2. The highest BCUT2D eigenvalue weighted by Gasteiger charge is 2.11. The zero-order valence-electron chi connectivity index (χ0n) is 10.9. The van der Waals surface area contributed by atoms with Crippen LogP contribution in [0.25, 0.3) is 0 Å². The highest BCUT2D eigenvalue weighted by molar-refractivity contribution is 9.09. The fourth-order valence-electron chi connectivity index (χ4n) is 1.47. The number of hydrogen-bond donors (Lipinski definition) is 1. The first-order chi connectivity index (χ1) is 8.71. The number of halogens is 1. The molecule has 1 N–H and O–H groups in total. The van der Waals surface area contributed by atoms with Crippen molar-refractivity contribution in [2.75, 3.05) is 11.9 Å². The van der Waals surface area contributed by atoms with Crippen molar-refractivity contribution < 1.29 is 9.53 Å². The topological polar surface area (TPSA) is 38.3 Å². The molecule has 0 saturated carbocycles. The van der Waals surface area contributed by atoms with Crippen molar-refractivity contribution in [1.82, 2.24) is 5.32 Å². The van der Waals surface area contributed by atoms with Crippen molar-refractivity contribution >= 4 is 21.8 Å². The van der Waals surface area contributed by atoms with Gasteiger partial charge in [-0.3, -0.25) is 4.79 Å². The molecular formula is C14H20BrNO2. The normalized spacial score (nSPS) is 11.9. The van der Waals surface area contributed by atoms with E-state index in [0.29, 0.717) is 12.2 Å². The number of alkyl halides is 1. The van der Waals surface area contributed by atoms with Crippen molar-refractivity contribution in [2.24, 2.45) is 0 Å². The number of carbonyl (C=O) groups is 1.